The Hall–Kier alpha value is -4.70. The topological polar surface area (TPSA) is 109 Å². The number of esters is 2. The smallest absolute Gasteiger partial charge is 0.379 e. The molecule has 5 rings (SSSR count). The predicted octanol–water partition coefficient (Wildman–Crippen LogP) is 3.62. The van der Waals surface area contributed by atoms with Gasteiger partial charge in [-0.15, -0.1) is 0 Å². The highest BCUT2D eigenvalue weighted by atomic mass is 32.1. The Labute approximate surface area is 226 Å². The average Bonchev–Trinajstić information content (AvgIpc) is 3.58. The van der Waals surface area contributed by atoms with Crippen molar-refractivity contribution in [3.8, 4) is 11.5 Å². The molecule has 10 heteroatoms. The maximum atomic E-state index is 13.7. The standard InChI is InChI=1S/C29H24N2O7S/c1-4-36-28(34)24-17(2)30-29-31(25(24)19-9-13-20(35-3)14-10-19)26(32)23(39-29)16-18-7-11-21(12-8-18)38-27(33)22-6-5-15-37-22/h5-16,25H,4H2,1-3H3/t25-/m0/s1. The number of ether oxygens (including phenoxy) is 3. The molecule has 0 unspecified atom stereocenters. The van der Waals surface area contributed by atoms with Gasteiger partial charge in [0.1, 0.15) is 11.5 Å². The molecule has 1 atom stereocenters. The number of furan rings is 1. The van der Waals surface area contributed by atoms with Crippen LogP contribution in [0.15, 0.2) is 92.4 Å². The molecule has 1 aliphatic rings. The molecule has 0 fully saturated rings. The molecule has 3 heterocycles. The van der Waals surface area contributed by atoms with Gasteiger partial charge < -0.3 is 18.6 Å². The first-order valence-electron chi connectivity index (χ1n) is 12.1. The van der Waals surface area contributed by atoms with Crippen molar-refractivity contribution in [2.45, 2.75) is 19.9 Å². The number of aromatic nitrogens is 1. The first kappa shape index (κ1) is 25.9. The van der Waals surface area contributed by atoms with E-state index in [2.05, 4.69) is 4.99 Å². The molecule has 39 heavy (non-hydrogen) atoms. The van der Waals surface area contributed by atoms with E-state index in [0.29, 0.717) is 32.1 Å². The summed E-state index contributed by atoms with van der Waals surface area (Å²) in [7, 11) is 1.57. The molecule has 0 saturated heterocycles. The molecule has 0 amide bonds. The Morgan fingerprint density at radius 1 is 1.05 bits per heavy atom. The first-order chi connectivity index (χ1) is 18.9. The Morgan fingerprint density at radius 2 is 1.77 bits per heavy atom. The van der Waals surface area contributed by atoms with Crippen molar-refractivity contribution in [1.82, 2.24) is 4.57 Å². The lowest BCUT2D eigenvalue weighted by molar-refractivity contribution is -0.139. The minimum atomic E-state index is -0.711. The summed E-state index contributed by atoms with van der Waals surface area (Å²) in [6.45, 7) is 3.67. The van der Waals surface area contributed by atoms with Gasteiger partial charge in [0.2, 0.25) is 5.76 Å². The van der Waals surface area contributed by atoms with E-state index in [0.717, 1.165) is 11.1 Å². The SMILES string of the molecule is CCOC(=O)C1=C(C)N=c2sc(=Cc3ccc(OC(=O)c4ccco4)cc3)c(=O)n2[C@H]1c1ccc(OC)cc1. The highest BCUT2D eigenvalue weighted by molar-refractivity contribution is 7.07. The van der Waals surface area contributed by atoms with Crippen LogP contribution in [-0.2, 0) is 9.53 Å². The van der Waals surface area contributed by atoms with E-state index in [1.54, 1.807) is 69.5 Å². The molecule has 0 saturated carbocycles. The van der Waals surface area contributed by atoms with Crippen LogP contribution in [0.3, 0.4) is 0 Å². The van der Waals surface area contributed by atoms with Gasteiger partial charge in [-0.2, -0.15) is 0 Å². The molecular weight excluding hydrogens is 520 g/mol. The van der Waals surface area contributed by atoms with Crippen LogP contribution in [0.25, 0.3) is 6.08 Å². The van der Waals surface area contributed by atoms with Gasteiger partial charge >= 0.3 is 11.9 Å². The number of carbonyl (C=O) groups is 2. The summed E-state index contributed by atoms with van der Waals surface area (Å²) in [5.41, 5.74) is 1.96. The maximum Gasteiger partial charge on any atom is 0.379 e. The van der Waals surface area contributed by atoms with Crippen molar-refractivity contribution in [1.29, 1.82) is 0 Å². The molecule has 0 aliphatic carbocycles. The molecule has 2 aromatic heterocycles. The largest absolute Gasteiger partial charge is 0.497 e. The lowest BCUT2D eigenvalue weighted by atomic mass is 9.96. The fraction of sp³-hybridized carbons (Fsp3) is 0.172. The molecule has 0 bridgehead atoms. The normalized spacial score (nSPS) is 14.9. The number of methoxy groups -OCH3 is 1. The zero-order valence-electron chi connectivity index (χ0n) is 21.4. The Kier molecular flexibility index (Phi) is 7.29. The van der Waals surface area contributed by atoms with Gasteiger partial charge in [-0.05, 0) is 67.4 Å². The number of hydrogen-bond acceptors (Lipinski definition) is 9. The Balaban J connectivity index is 1.53. The monoisotopic (exact) mass is 544 g/mol. The van der Waals surface area contributed by atoms with Gasteiger partial charge in [-0.3, -0.25) is 9.36 Å². The second kappa shape index (κ2) is 11.0. The van der Waals surface area contributed by atoms with Gasteiger partial charge in [0, 0.05) is 0 Å². The quantitative estimate of drug-likeness (QED) is 0.258. The molecular formula is C29H24N2O7S. The molecule has 2 aromatic carbocycles. The van der Waals surface area contributed by atoms with Crippen molar-refractivity contribution >= 4 is 29.4 Å². The number of nitrogens with zero attached hydrogens (tertiary/aromatic N) is 2. The number of allylic oxidation sites excluding steroid dienone is 1. The number of thiazole rings is 1. The summed E-state index contributed by atoms with van der Waals surface area (Å²) >= 11 is 1.23. The molecule has 1 aliphatic heterocycles. The second-order valence-corrected chi connectivity index (χ2v) is 9.52. The second-order valence-electron chi connectivity index (χ2n) is 8.51. The van der Waals surface area contributed by atoms with E-state index in [9.17, 15) is 14.4 Å². The van der Waals surface area contributed by atoms with Crippen LogP contribution in [0.2, 0.25) is 0 Å². The predicted molar refractivity (Wildman–Crippen MR) is 144 cm³/mol. The van der Waals surface area contributed by atoms with Crippen LogP contribution < -0.4 is 24.4 Å². The number of benzene rings is 2. The van der Waals surface area contributed by atoms with Gasteiger partial charge in [0.25, 0.3) is 5.56 Å². The fourth-order valence-electron chi connectivity index (χ4n) is 4.23. The van der Waals surface area contributed by atoms with E-state index in [-0.39, 0.29) is 17.9 Å². The molecule has 198 valence electrons. The molecule has 9 nitrogen and oxygen atoms in total. The third-order valence-electron chi connectivity index (χ3n) is 6.06. The average molecular weight is 545 g/mol. The Morgan fingerprint density at radius 3 is 2.41 bits per heavy atom. The molecule has 0 N–H and O–H groups in total. The van der Waals surface area contributed by atoms with Crippen molar-refractivity contribution in [3.63, 3.8) is 0 Å². The molecule has 0 radical (unpaired) electrons. The van der Waals surface area contributed by atoms with E-state index >= 15 is 0 Å². The maximum absolute atomic E-state index is 13.7. The lowest BCUT2D eigenvalue weighted by Crippen LogP contribution is -2.39. The van der Waals surface area contributed by atoms with E-state index in [1.807, 2.05) is 12.1 Å². The summed E-state index contributed by atoms with van der Waals surface area (Å²) in [4.78, 5) is 43.9. The van der Waals surface area contributed by atoms with Crippen LogP contribution in [0, 0.1) is 0 Å². The highest BCUT2D eigenvalue weighted by Gasteiger charge is 2.33. The van der Waals surface area contributed by atoms with Crippen LogP contribution >= 0.6 is 11.3 Å². The van der Waals surface area contributed by atoms with Crippen molar-refractivity contribution < 1.29 is 28.2 Å². The van der Waals surface area contributed by atoms with E-state index < -0.39 is 18.0 Å². The van der Waals surface area contributed by atoms with Crippen LogP contribution in [0.5, 0.6) is 11.5 Å². The lowest BCUT2D eigenvalue weighted by Gasteiger charge is -2.24. The van der Waals surface area contributed by atoms with Gasteiger partial charge in [-0.1, -0.05) is 35.6 Å². The number of carbonyl (C=O) groups excluding carboxylic acids is 2. The van der Waals surface area contributed by atoms with Gasteiger partial charge in [0.05, 0.1) is 41.8 Å². The minimum Gasteiger partial charge on any atom is -0.497 e. The number of hydrogen-bond donors (Lipinski definition) is 0. The zero-order chi connectivity index (χ0) is 27.5. The van der Waals surface area contributed by atoms with Gasteiger partial charge in [-0.25, -0.2) is 14.6 Å². The summed E-state index contributed by atoms with van der Waals surface area (Å²) in [5, 5.41) is 0. The van der Waals surface area contributed by atoms with Crippen molar-refractivity contribution in [2.75, 3.05) is 13.7 Å². The molecule has 4 aromatic rings. The number of fused-ring (bicyclic) bond motifs is 1. The van der Waals surface area contributed by atoms with Crippen LogP contribution in [0.4, 0.5) is 0 Å². The third kappa shape index (κ3) is 5.19. The zero-order valence-corrected chi connectivity index (χ0v) is 22.2. The summed E-state index contributed by atoms with van der Waals surface area (Å²) in [6, 6.07) is 16.3. The number of rotatable bonds is 7. The van der Waals surface area contributed by atoms with Crippen LogP contribution in [-0.4, -0.2) is 30.2 Å². The Bertz CT molecular complexity index is 1730. The highest BCUT2D eigenvalue weighted by Crippen LogP contribution is 2.31. The molecule has 0 spiro atoms. The van der Waals surface area contributed by atoms with Crippen molar-refractivity contribution in [3.05, 3.63) is 115 Å². The third-order valence-corrected chi connectivity index (χ3v) is 7.04. The summed E-state index contributed by atoms with van der Waals surface area (Å²) in [6.07, 6.45) is 3.13. The van der Waals surface area contributed by atoms with Gasteiger partial charge in [0.15, 0.2) is 4.80 Å². The van der Waals surface area contributed by atoms with Crippen molar-refractivity contribution in [2.24, 2.45) is 4.99 Å². The van der Waals surface area contributed by atoms with E-state index in [1.165, 1.54) is 28.2 Å². The minimum absolute atomic E-state index is 0.101. The van der Waals surface area contributed by atoms with E-state index in [4.69, 9.17) is 18.6 Å². The summed E-state index contributed by atoms with van der Waals surface area (Å²) in [5.74, 6) is -0.0305. The fourth-order valence-corrected chi connectivity index (χ4v) is 5.28. The first-order valence-corrected chi connectivity index (χ1v) is 12.9. The van der Waals surface area contributed by atoms with Crippen LogP contribution in [0.1, 0.15) is 41.6 Å². The summed E-state index contributed by atoms with van der Waals surface area (Å²) < 4.78 is 22.9.